The van der Waals surface area contributed by atoms with Gasteiger partial charge in [-0.15, -0.1) is 0 Å². The van der Waals surface area contributed by atoms with Gasteiger partial charge in [0.1, 0.15) is 18.3 Å². The fourth-order valence-electron chi connectivity index (χ4n) is 3.72. The van der Waals surface area contributed by atoms with Crippen LogP contribution in [0.25, 0.3) is 11.2 Å². The van der Waals surface area contributed by atoms with Gasteiger partial charge in [-0.05, 0) is 36.3 Å². The van der Waals surface area contributed by atoms with Gasteiger partial charge in [-0.2, -0.15) is 4.98 Å². The summed E-state index contributed by atoms with van der Waals surface area (Å²) >= 11 is 0. The van der Waals surface area contributed by atoms with Gasteiger partial charge in [0.25, 0.3) is 5.56 Å². The van der Waals surface area contributed by atoms with Crippen molar-refractivity contribution in [3.63, 3.8) is 0 Å². The third-order valence-corrected chi connectivity index (χ3v) is 17.3. The minimum Gasteiger partial charge on any atom is -0.408 e. The van der Waals surface area contributed by atoms with Gasteiger partial charge in [0, 0.05) is 5.92 Å². The van der Waals surface area contributed by atoms with E-state index in [1.165, 1.54) is 6.33 Å². The molecule has 3 heterocycles. The number of hydrogen-bond acceptors (Lipinski definition) is 8. The largest absolute Gasteiger partial charge is 0.408 e. The molecule has 11 nitrogen and oxygen atoms in total. The minimum absolute atomic E-state index is 0.00817. The Morgan fingerprint density at radius 3 is 2.10 bits per heavy atom. The second kappa shape index (κ2) is 10.7. The highest BCUT2D eigenvalue weighted by molar-refractivity contribution is 6.74. The van der Waals surface area contributed by atoms with Crippen molar-refractivity contribution >= 4 is 45.9 Å². The van der Waals surface area contributed by atoms with Crippen molar-refractivity contribution in [2.24, 2.45) is 5.92 Å². The number of aromatic amines is 1. The second-order valence-electron chi connectivity index (χ2n) is 13.7. The lowest BCUT2D eigenvalue weighted by atomic mass is 10.1. The number of H-pyrrole nitrogens is 1. The first-order valence-corrected chi connectivity index (χ1v) is 19.3. The lowest BCUT2D eigenvalue weighted by Gasteiger charge is -2.43. The Morgan fingerprint density at radius 1 is 1.08 bits per heavy atom. The van der Waals surface area contributed by atoms with Crippen molar-refractivity contribution in [2.75, 3.05) is 5.32 Å². The van der Waals surface area contributed by atoms with E-state index < -0.39 is 46.7 Å². The predicted octanol–water partition coefficient (Wildman–Crippen LogP) is 4.59. The molecule has 2 unspecified atom stereocenters. The third-order valence-electron chi connectivity index (χ3n) is 8.31. The van der Waals surface area contributed by atoms with Gasteiger partial charge < -0.3 is 18.4 Å². The molecule has 2 aromatic rings. The number of amides is 1. The molecule has 3 rings (SSSR count). The molecule has 13 heteroatoms. The van der Waals surface area contributed by atoms with E-state index in [9.17, 15) is 14.4 Å². The fraction of sp³-hybridized carbons (Fsp3) is 0.731. The van der Waals surface area contributed by atoms with Crippen molar-refractivity contribution in [1.82, 2.24) is 19.5 Å². The first-order valence-electron chi connectivity index (χ1n) is 13.4. The molecule has 0 radical (unpaired) electrons. The number of fused-ring (bicyclic) bond motifs is 1. The topological polar surface area (TPSA) is 137 Å². The number of hydrogen-bond donors (Lipinski definition) is 2. The molecule has 4 atom stereocenters. The zero-order valence-electron chi connectivity index (χ0n) is 25.3. The van der Waals surface area contributed by atoms with Gasteiger partial charge in [-0.1, -0.05) is 55.4 Å². The van der Waals surface area contributed by atoms with Crippen molar-refractivity contribution in [3.05, 3.63) is 16.7 Å². The Hall–Kier alpha value is -2.20. The van der Waals surface area contributed by atoms with Crippen LogP contribution >= 0.6 is 0 Å². The van der Waals surface area contributed by atoms with E-state index in [0.717, 1.165) is 6.29 Å². The molecule has 2 N–H and O–H groups in total. The molecule has 0 spiro atoms. The number of nitrogens with zero attached hydrogens (tertiary/aromatic N) is 3. The summed E-state index contributed by atoms with van der Waals surface area (Å²) in [5, 5.41) is 2.40. The molecule has 1 amide bonds. The first kappa shape index (κ1) is 31.3. The van der Waals surface area contributed by atoms with Gasteiger partial charge in [0.05, 0.1) is 6.33 Å². The molecule has 39 heavy (non-hydrogen) atoms. The van der Waals surface area contributed by atoms with E-state index in [1.807, 2.05) is 0 Å². The van der Waals surface area contributed by atoms with Gasteiger partial charge in [-0.3, -0.25) is 24.5 Å². The van der Waals surface area contributed by atoms with Crippen molar-refractivity contribution < 1.29 is 23.2 Å². The van der Waals surface area contributed by atoms with Crippen molar-refractivity contribution in [3.8, 4) is 0 Å². The maximum atomic E-state index is 12.8. The van der Waals surface area contributed by atoms with Gasteiger partial charge in [0.2, 0.25) is 11.9 Å². The number of ether oxygens (including phenoxy) is 1. The monoisotopic (exact) mass is 579 g/mol. The fourth-order valence-corrected chi connectivity index (χ4v) is 6.31. The molecule has 0 bridgehead atoms. The summed E-state index contributed by atoms with van der Waals surface area (Å²) < 4.78 is 21.7. The van der Waals surface area contributed by atoms with Crippen LogP contribution in [0, 0.1) is 5.92 Å². The number of carbonyl (C=O) groups is 2. The lowest BCUT2D eigenvalue weighted by Crippen LogP contribution is -2.53. The van der Waals surface area contributed by atoms with E-state index >= 15 is 0 Å². The maximum Gasteiger partial charge on any atom is 0.280 e. The molecule has 1 fully saturated rings. The Balaban J connectivity index is 2.16. The highest BCUT2D eigenvalue weighted by Crippen LogP contribution is 2.45. The van der Waals surface area contributed by atoms with E-state index in [4.69, 9.17) is 13.6 Å². The van der Waals surface area contributed by atoms with E-state index in [2.05, 4.69) is 88.0 Å². The Morgan fingerprint density at radius 2 is 1.62 bits per heavy atom. The number of imidazole rings is 1. The molecule has 1 saturated heterocycles. The minimum atomic E-state index is -2.39. The second-order valence-corrected chi connectivity index (χ2v) is 23.2. The Bertz CT molecular complexity index is 1270. The Kier molecular flexibility index (Phi) is 8.56. The number of rotatable bonds is 8. The first-order chi connectivity index (χ1) is 17.7. The van der Waals surface area contributed by atoms with Crippen LogP contribution in [-0.2, 0) is 23.2 Å². The van der Waals surface area contributed by atoms with E-state index in [0.29, 0.717) is 0 Å². The number of nitrogens with one attached hydrogen (secondary N) is 2. The zero-order chi connectivity index (χ0) is 29.7. The summed E-state index contributed by atoms with van der Waals surface area (Å²) in [6, 6.07) is 0. The summed E-state index contributed by atoms with van der Waals surface area (Å²) in [5.41, 5.74) is -0.202. The molecule has 2 aromatic heterocycles. The molecule has 0 aliphatic carbocycles. The quantitative estimate of drug-likeness (QED) is 0.342. The van der Waals surface area contributed by atoms with E-state index in [-0.39, 0.29) is 39.0 Å². The molecular weight excluding hydrogens is 534 g/mol. The average Bonchev–Trinajstić information content (AvgIpc) is 3.33. The zero-order valence-corrected chi connectivity index (χ0v) is 27.3. The van der Waals surface area contributed by atoms with Crippen LogP contribution in [0.2, 0.25) is 36.3 Å². The summed E-state index contributed by atoms with van der Waals surface area (Å²) in [6.07, 6.45) is -0.836. The standard InChI is InChI=1S/C26H45N5O6Si2/c1-15(2)21(33)29-24-28-20-17(22(34)30-24)27-14-31(20)23-19(37-39(11,12)26(6,7)8)18(16(13-32)35-23)36-38(9,10)25(3,4)5/h13-16,18-19,23H,1-12H3,(H2,28,29,30,33,34)/t16-,18?,19?,23-/m1/s1. The van der Waals surface area contributed by atoms with Gasteiger partial charge in [-0.25, -0.2) is 4.98 Å². The van der Waals surface area contributed by atoms with Crippen LogP contribution in [0.4, 0.5) is 5.95 Å². The molecule has 0 aromatic carbocycles. The van der Waals surface area contributed by atoms with Crippen molar-refractivity contribution in [1.29, 1.82) is 0 Å². The smallest absolute Gasteiger partial charge is 0.280 e. The van der Waals surface area contributed by atoms with Crippen LogP contribution in [-0.4, -0.2) is 66.7 Å². The SMILES string of the molecule is CC(C)C(=O)Nc1nc2c(ncn2[C@@H]2O[C@H](C=O)C(O[Si](C)(C)C(C)(C)C)C2O[Si](C)(C)C(C)(C)C)c(=O)[nH]1. The van der Waals surface area contributed by atoms with Crippen LogP contribution < -0.4 is 10.9 Å². The van der Waals surface area contributed by atoms with Crippen molar-refractivity contribution in [2.45, 2.75) is 116 Å². The number of carbonyl (C=O) groups excluding carboxylic acids is 2. The van der Waals surface area contributed by atoms with Crippen LogP contribution in [0.15, 0.2) is 11.1 Å². The average molecular weight is 580 g/mol. The number of aldehydes is 1. The lowest BCUT2D eigenvalue weighted by molar-refractivity contribution is -0.122. The third kappa shape index (κ3) is 6.27. The van der Waals surface area contributed by atoms with Crippen LogP contribution in [0.5, 0.6) is 0 Å². The molecule has 1 aliphatic rings. The predicted molar refractivity (Wildman–Crippen MR) is 156 cm³/mol. The molecular formula is C26H45N5O6Si2. The highest BCUT2D eigenvalue weighted by atomic mass is 28.4. The van der Waals surface area contributed by atoms with Crippen LogP contribution in [0.3, 0.4) is 0 Å². The highest BCUT2D eigenvalue weighted by Gasteiger charge is 2.54. The summed E-state index contributed by atoms with van der Waals surface area (Å²) in [6.45, 7) is 24.8. The molecule has 1 aliphatic heterocycles. The number of aromatic nitrogens is 4. The Labute approximate surface area is 232 Å². The molecule has 218 valence electrons. The number of anilines is 1. The van der Waals surface area contributed by atoms with Gasteiger partial charge >= 0.3 is 0 Å². The van der Waals surface area contributed by atoms with Gasteiger partial charge in [0.15, 0.2) is 40.3 Å². The normalized spacial score (nSPS) is 23.0. The van der Waals surface area contributed by atoms with E-state index in [1.54, 1.807) is 18.4 Å². The maximum absolute atomic E-state index is 12.8. The molecule has 0 saturated carbocycles. The summed E-state index contributed by atoms with van der Waals surface area (Å²) in [5.74, 6) is -0.587. The summed E-state index contributed by atoms with van der Waals surface area (Å²) in [4.78, 5) is 48.8. The van der Waals surface area contributed by atoms with Crippen LogP contribution in [0.1, 0.15) is 61.6 Å². The summed E-state index contributed by atoms with van der Waals surface area (Å²) in [7, 11) is -4.75.